The number of allylic oxidation sites excluding steroid dienone is 2. The molecule has 1 amide bonds. The maximum Gasteiger partial charge on any atom is 0.322 e. The van der Waals surface area contributed by atoms with Crippen molar-refractivity contribution in [1.29, 1.82) is 0 Å². The van der Waals surface area contributed by atoms with Crippen LogP contribution in [0.25, 0.3) is 10.1 Å². The van der Waals surface area contributed by atoms with E-state index in [9.17, 15) is 14.7 Å². The van der Waals surface area contributed by atoms with E-state index in [4.69, 9.17) is 5.11 Å². The zero-order valence-corrected chi connectivity index (χ0v) is 12.9. The summed E-state index contributed by atoms with van der Waals surface area (Å²) in [6.07, 6.45) is 5.49. The molecule has 6 nitrogen and oxygen atoms in total. The number of carboxylic acids is 1. The molecule has 22 heavy (non-hydrogen) atoms. The summed E-state index contributed by atoms with van der Waals surface area (Å²) in [5.74, 6) is -2.07. The molecule has 114 valence electrons. The molecule has 2 aromatic rings. The van der Waals surface area contributed by atoms with Crippen LogP contribution in [0.4, 0.5) is 0 Å². The lowest BCUT2D eigenvalue weighted by Gasteiger charge is -2.05. The molecular formula is C14H12N2O4S2. The number of carboxylic acid groups (broad SMARTS) is 1. The van der Waals surface area contributed by atoms with Crippen LogP contribution < -0.4 is 5.32 Å². The number of pyridine rings is 1. The topological polar surface area (TPSA) is 99.5 Å². The Kier molecular flexibility index (Phi) is 3.86. The first kappa shape index (κ1) is 14.6. The molecule has 0 saturated carbocycles. The molecule has 0 saturated heterocycles. The van der Waals surface area contributed by atoms with Crippen LogP contribution in [0.15, 0.2) is 39.4 Å². The largest absolute Gasteiger partial charge is 0.504 e. The van der Waals surface area contributed by atoms with Gasteiger partial charge in [-0.15, -0.1) is 11.3 Å². The number of aromatic hydroxyl groups is 1. The summed E-state index contributed by atoms with van der Waals surface area (Å²) in [6, 6.07) is 1.96. The van der Waals surface area contributed by atoms with Gasteiger partial charge in [-0.2, -0.15) is 10.9 Å². The van der Waals surface area contributed by atoms with E-state index < -0.39 is 29.3 Å². The molecule has 0 radical (unpaired) electrons. The summed E-state index contributed by atoms with van der Waals surface area (Å²) in [5, 5.41) is 26.0. The minimum absolute atomic E-state index is 0.160. The average molecular weight is 336 g/mol. The number of thiol groups is 1. The van der Waals surface area contributed by atoms with Gasteiger partial charge in [-0.3, -0.25) is 9.59 Å². The normalized spacial score (nSPS) is 14.6. The van der Waals surface area contributed by atoms with Crippen molar-refractivity contribution in [2.45, 2.75) is 4.21 Å². The number of aromatic nitrogens is 1. The lowest BCUT2D eigenvalue weighted by molar-refractivity contribution is -0.135. The minimum Gasteiger partial charge on any atom is -0.504 e. The number of nitrogens with one attached hydrogen (secondary N) is 1. The molecule has 0 fully saturated rings. The summed E-state index contributed by atoms with van der Waals surface area (Å²) < 4.78 is 1.69. The molecule has 8 heteroatoms. The number of carbonyl (C=O) groups excluding carboxylic acids is 1. The van der Waals surface area contributed by atoms with Gasteiger partial charge < -0.3 is 15.5 Å². The molecular weight excluding hydrogens is 324 g/mol. The number of aliphatic carboxylic acids is 1. The second-order valence-electron chi connectivity index (χ2n) is 4.49. The number of fused-ring (bicyclic) bond motifs is 1. The Hall–Kier alpha value is -2.32. The highest BCUT2D eigenvalue weighted by Gasteiger charge is 2.19. The van der Waals surface area contributed by atoms with E-state index in [-0.39, 0.29) is 11.4 Å². The number of hydrogen-bond donors (Lipinski definition) is 4. The van der Waals surface area contributed by atoms with E-state index in [1.165, 1.54) is 17.5 Å². The Labute approximate surface area is 132 Å². The van der Waals surface area contributed by atoms with Crippen LogP contribution in [0.5, 0.6) is 5.75 Å². The van der Waals surface area contributed by atoms with E-state index in [1.54, 1.807) is 0 Å². The Bertz CT molecular complexity index is 814. The van der Waals surface area contributed by atoms with Gasteiger partial charge in [0.15, 0.2) is 11.4 Å². The average Bonchev–Trinajstić information content (AvgIpc) is 3.13. The van der Waals surface area contributed by atoms with Crippen molar-refractivity contribution in [2.24, 2.45) is 0 Å². The highest BCUT2D eigenvalue weighted by Crippen LogP contribution is 2.49. The van der Waals surface area contributed by atoms with Crippen LogP contribution in [0.1, 0.15) is 10.5 Å². The van der Waals surface area contributed by atoms with Gasteiger partial charge in [0, 0.05) is 15.8 Å². The quantitative estimate of drug-likeness (QED) is 0.642. The summed E-state index contributed by atoms with van der Waals surface area (Å²) in [4.78, 5) is 26.3. The van der Waals surface area contributed by atoms with Crippen LogP contribution in [-0.4, -0.2) is 33.6 Å². The predicted molar refractivity (Wildman–Crippen MR) is 86.8 cm³/mol. The third-order valence-electron chi connectivity index (χ3n) is 2.99. The molecule has 0 spiro atoms. The molecule has 0 bridgehead atoms. The number of thiophene rings is 1. The fraction of sp³-hybridized carbons (Fsp3) is 0.0714. The summed E-state index contributed by atoms with van der Waals surface area (Å²) in [5.41, 5.74) is -0.160. The summed E-state index contributed by atoms with van der Waals surface area (Å²) in [6.45, 7) is -0.519. The van der Waals surface area contributed by atoms with Crippen LogP contribution in [0, 0.1) is 0 Å². The lowest BCUT2D eigenvalue weighted by atomic mass is 10.2. The molecule has 0 aromatic carbocycles. The zero-order valence-electron chi connectivity index (χ0n) is 11.2. The Balaban J connectivity index is 1.95. The van der Waals surface area contributed by atoms with Crippen LogP contribution in [-0.2, 0) is 4.79 Å². The van der Waals surface area contributed by atoms with Crippen molar-refractivity contribution < 1.29 is 19.8 Å². The molecule has 2 aromatic heterocycles. The lowest BCUT2D eigenvalue weighted by Crippen LogP contribution is -2.29. The van der Waals surface area contributed by atoms with E-state index >= 15 is 0 Å². The summed E-state index contributed by atoms with van der Waals surface area (Å²) >= 11 is 1.42. The molecule has 0 aliphatic carbocycles. The third kappa shape index (κ3) is 2.70. The fourth-order valence-corrected chi connectivity index (χ4v) is 5.12. The maximum absolute atomic E-state index is 11.9. The summed E-state index contributed by atoms with van der Waals surface area (Å²) in [7, 11) is -0.499. The smallest absolute Gasteiger partial charge is 0.322 e. The van der Waals surface area contributed by atoms with Gasteiger partial charge >= 0.3 is 5.97 Å². The SMILES string of the molecule is O=C(O)CNC(=O)c1ncc2cc([SH]3C=CC=C3)sc2c1O. The first-order chi connectivity index (χ1) is 10.6. The number of hydrogen-bond acceptors (Lipinski definition) is 5. The van der Waals surface area contributed by atoms with Gasteiger partial charge in [0.1, 0.15) is 6.54 Å². The van der Waals surface area contributed by atoms with Gasteiger partial charge in [-0.25, -0.2) is 4.98 Å². The maximum atomic E-state index is 11.9. The van der Waals surface area contributed by atoms with Crippen molar-refractivity contribution in [3.8, 4) is 5.75 Å². The van der Waals surface area contributed by atoms with Gasteiger partial charge in [-0.05, 0) is 16.9 Å². The Morgan fingerprint density at radius 2 is 2.05 bits per heavy atom. The predicted octanol–water partition coefficient (Wildman–Crippen LogP) is 2.22. The van der Waals surface area contributed by atoms with Crippen molar-refractivity contribution >= 4 is 44.2 Å². The van der Waals surface area contributed by atoms with Crippen LogP contribution >= 0.6 is 22.2 Å². The van der Waals surface area contributed by atoms with E-state index in [1.807, 2.05) is 18.2 Å². The highest BCUT2D eigenvalue weighted by molar-refractivity contribution is 8.23. The monoisotopic (exact) mass is 336 g/mol. The molecule has 1 aliphatic heterocycles. The van der Waals surface area contributed by atoms with Crippen molar-refractivity contribution in [3.05, 3.63) is 40.9 Å². The zero-order chi connectivity index (χ0) is 15.7. The van der Waals surface area contributed by atoms with Crippen molar-refractivity contribution in [2.75, 3.05) is 6.54 Å². The number of carbonyl (C=O) groups is 2. The molecule has 3 N–H and O–H groups in total. The number of nitrogens with zero attached hydrogens (tertiary/aromatic N) is 1. The molecule has 0 atom stereocenters. The van der Waals surface area contributed by atoms with Crippen molar-refractivity contribution in [1.82, 2.24) is 10.3 Å². The van der Waals surface area contributed by atoms with Crippen molar-refractivity contribution in [3.63, 3.8) is 0 Å². The van der Waals surface area contributed by atoms with E-state index in [2.05, 4.69) is 21.1 Å². The fourth-order valence-electron chi connectivity index (χ4n) is 1.99. The van der Waals surface area contributed by atoms with Gasteiger partial charge in [0.2, 0.25) is 0 Å². The van der Waals surface area contributed by atoms with E-state index in [0.29, 0.717) is 4.70 Å². The van der Waals surface area contributed by atoms with E-state index in [0.717, 1.165) is 9.60 Å². The third-order valence-corrected chi connectivity index (χ3v) is 6.49. The van der Waals surface area contributed by atoms with Gasteiger partial charge in [-0.1, -0.05) is 12.2 Å². The first-order valence-electron chi connectivity index (χ1n) is 6.31. The molecule has 3 rings (SSSR count). The highest BCUT2D eigenvalue weighted by atomic mass is 32.2. The second-order valence-corrected chi connectivity index (χ2v) is 7.74. The Morgan fingerprint density at radius 1 is 1.32 bits per heavy atom. The Morgan fingerprint density at radius 3 is 2.73 bits per heavy atom. The molecule has 3 heterocycles. The second kappa shape index (κ2) is 5.82. The van der Waals surface area contributed by atoms with Gasteiger partial charge in [0.05, 0.1) is 4.70 Å². The van der Waals surface area contributed by atoms with Crippen LogP contribution in [0.2, 0.25) is 0 Å². The van der Waals surface area contributed by atoms with Gasteiger partial charge in [0.25, 0.3) is 5.91 Å². The minimum atomic E-state index is -1.16. The molecule has 0 unspecified atom stereocenters. The van der Waals surface area contributed by atoms with Crippen LogP contribution in [0.3, 0.4) is 0 Å². The number of amides is 1. The first-order valence-corrected chi connectivity index (χ1v) is 8.61. The standard InChI is InChI=1S/C14H12N2O4S2/c17-9(18)7-16-14(20)11-12(19)13-8(6-15-11)5-10(21-13)22-3-1-2-4-22/h1-6,19,22H,7H2,(H,16,20)(H,17,18). The molecule has 1 aliphatic rings. The number of rotatable bonds is 4.